The Hall–Kier alpha value is -1.10. The Kier molecular flexibility index (Phi) is 3.88. The van der Waals surface area contributed by atoms with Gasteiger partial charge in [-0.2, -0.15) is 0 Å². The normalized spacial score (nSPS) is 9.86. The number of hydrogen-bond acceptors (Lipinski definition) is 2. The van der Waals surface area contributed by atoms with Crippen LogP contribution in [-0.2, 0) is 6.42 Å². The van der Waals surface area contributed by atoms with E-state index in [4.69, 9.17) is 5.73 Å². The number of ether oxygens (including phenoxy) is 1. The van der Waals surface area contributed by atoms with Crippen LogP contribution in [0.15, 0.2) is 18.2 Å². The standard InChI is InChI=1S/C9H9BrFNO2/c10-5-4-6-2-1-3-7(11)8(6)14-9(12)13/h1-3H,4-5H2,(H2,12,13). The molecule has 0 aliphatic rings. The van der Waals surface area contributed by atoms with Gasteiger partial charge in [-0.05, 0) is 18.1 Å². The number of aryl methyl sites for hydroxylation is 1. The van der Waals surface area contributed by atoms with E-state index >= 15 is 0 Å². The lowest BCUT2D eigenvalue weighted by molar-refractivity contribution is 0.208. The first-order chi connectivity index (χ1) is 6.65. The topological polar surface area (TPSA) is 52.3 Å². The van der Waals surface area contributed by atoms with Crippen molar-refractivity contribution < 1.29 is 13.9 Å². The molecule has 5 heteroatoms. The molecule has 2 N–H and O–H groups in total. The zero-order valence-electron chi connectivity index (χ0n) is 7.30. The lowest BCUT2D eigenvalue weighted by Crippen LogP contribution is -2.18. The van der Waals surface area contributed by atoms with E-state index in [9.17, 15) is 9.18 Å². The van der Waals surface area contributed by atoms with Gasteiger partial charge in [0.15, 0.2) is 11.6 Å². The first-order valence-corrected chi connectivity index (χ1v) is 5.08. The second-order valence-electron chi connectivity index (χ2n) is 2.59. The predicted octanol–water partition coefficient (Wildman–Crippen LogP) is 2.22. The number of benzene rings is 1. The van der Waals surface area contributed by atoms with Crippen LogP contribution in [0.3, 0.4) is 0 Å². The molecule has 1 aromatic carbocycles. The van der Waals surface area contributed by atoms with Gasteiger partial charge in [-0.15, -0.1) is 0 Å². The quantitative estimate of drug-likeness (QED) is 0.849. The van der Waals surface area contributed by atoms with Crippen molar-refractivity contribution in [2.24, 2.45) is 5.73 Å². The summed E-state index contributed by atoms with van der Waals surface area (Å²) in [5, 5.41) is 0.658. The van der Waals surface area contributed by atoms with Crippen LogP contribution >= 0.6 is 15.9 Å². The van der Waals surface area contributed by atoms with Gasteiger partial charge in [-0.3, -0.25) is 0 Å². The summed E-state index contributed by atoms with van der Waals surface area (Å²) >= 11 is 3.22. The highest BCUT2D eigenvalue weighted by Gasteiger charge is 2.11. The van der Waals surface area contributed by atoms with E-state index in [1.54, 1.807) is 12.1 Å². The van der Waals surface area contributed by atoms with E-state index in [0.29, 0.717) is 17.3 Å². The summed E-state index contributed by atoms with van der Waals surface area (Å²) in [6, 6.07) is 4.46. The summed E-state index contributed by atoms with van der Waals surface area (Å²) in [4.78, 5) is 10.5. The molecule has 0 atom stereocenters. The molecule has 0 unspecified atom stereocenters. The Balaban J connectivity index is 3.02. The van der Waals surface area contributed by atoms with Crippen LogP contribution in [0.1, 0.15) is 5.56 Å². The molecule has 0 fully saturated rings. The summed E-state index contributed by atoms with van der Waals surface area (Å²) in [6.45, 7) is 0. The zero-order chi connectivity index (χ0) is 10.6. The van der Waals surface area contributed by atoms with Crippen LogP contribution < -0.4 is 10.5 Å². The van der Waals surface area contributed by atoms with Gasteiger partial charge in [0.1, 0.15) is 0 Å². The molecule has 1 amide bonds. The first-order valence-electron chi connectivity index (χ1n) is 3.95. The highest BCUT2D eigenvalue weighted by molar-refractivity contribution is 9.09. The Bertz CT molecular complexity index is 344. The van der Waals surface area contributed by atoms with Crippen LogP contribution in [0, 0.1) is 5.82 Å². The van der Waals surface area contributed by atoms with Gasteiger partial charge in [0, 0.05) is 5.33 Å². The van der Waals surface area contributed by atoms with Crippen LogP contribution in [0.4, 0.5) is 9.18 Å². The number of hydrogen-bond donors (Lipinski definition) is 1. The third kappa shape index (κ3) is 2.70. The fraction of sp³-hybridized carbons (Fsp3) is 0.222. The molecule has 0 heterocycles. The lowest BCUT2D eigenvalue weighted by atomic mass is 10.1. The maximum atomic E-state index is 13.2. The van der Waals surface area contributed by atoms with Crippen molar-refractivity contribution in [2.75, 3.05) is 5.33 Å². The SMILES string of the molecule is NC(=O)Oc1c(F)cccc1CCBr. The summed E-state index contributed by atoms with van der Waals surface area (Å²) < 4.78 is 17.8. The highest BCUT2D eigenvalue weighted by Crippen LogP contribution is 2.23. The molecule has 0 spiro atoms. The highest BCUT2D eigenvalue weighted by atomic mass is 79.9. The third-order valence-electron chi connectivity index (χ3n) is 1.62. The van der Waals surface area contributed by atoms with Crippen molar-refractivity contribution in [3.05, 3.63) is 29.6 Å². The maximum absolute atomic E-state index is 13.2. The number of rotatable bonds is 3. The molecule has 0 aromatic heterocycles. The van der Waals surface area contributed by atoms with Gasteiger partial charge in [-0.1, -0.05) is 28.1 Å². The van der Waals surface area contributed by atoms with Gasteiger partial charge in [0.2, 0.25) is 0 Å². The van der Waals surface area contributed by atoms with Crippen LogP contribution in [0.2, 0.25) is 0 Å². The minimum absolute atomic E-state index is 0.0838. The average Bonchev–Trinajstić information content (AvgIpc) is 2.11. The molecule has 0 saturated carbocycles. The molecule has 0 saturated heterocycles. The van der Waals surface area contributed by atoms with Gasteiger partial charge in [-0.25, -0.2) is 9.18 Å². The van der Waals surface area contributed by atoms with E-state index in [1.165, 1.54) is 6.07 Å². The summed E-state index contributed by atoms with van der Waals surface area (Å²) in [7, 11) is 0. The molecule has 3 nitrogen and oxygen atoms in total. The maximum Gasteiger partial charge on any atom is 0.410 e. The Morgan fingerprint density at radius 3 is 2.86 bits per heavy atom. The molecule has 76 valence electrons. The number of primary amides is 1. The van der Waals surface area contributed by atoms with Gasteiger partial charge >= 0.3 is 6.09 Å². The summed E-state index contributed by atoms with van der Waals surface area (Å²) in [5.74, 6) is -0.665. The Morgan fingerprint density at radius 1 is 1.57 bits per heavy atom. The minimum atomic E-state index is -1.01. The van der Waals surface area contributed by atoms with Crippen molar-refractivity contribution in [1.29, 1.82) is 0 Å². The second-order valence-corrected chi connectivity index (χ2v) is 3.38. The monoisotopic (exact) mass is 261 g/mol. The minimum Gasteiger partial charge on any atom is -0.407 e. The second kappa shape index (κ2) is 4.95. The van der Waals surface area contributed by atoms with Crippen molar-refractivity contribution in [1.82, 2.24) is 0 Å². The van der Waals surface area contributed by atoms with Crippen LogP contribution in [0.25, 0.3) is 0 Å². The van der Waals surface area contributed by atoms with Gasteiger partial charge in [0.25, 0.3) is 0 Å². The largest absolute Gasteiger partial charge is 0.410 e. The van der Waals surface area contributed by atoms with Gasteiger partial charge in [0.05, 0.1) is 0 Å². The number of carbonyl (C=O) groups excluding carboxylic acids is 1. The molecule has 1 rings (SSSR count). The summed E-state index contributed by atoms with van der Waals surface area (Å²) in [5.41, 5.74) is 5.43. The number of amides is 1. The number of alkyl halides is 1. The Morgan fingerprint density at radius 2 is 2.29 bits per heavy atom. The van der Waals surface area contributed by atoms with Crippen molar-refractivity contribution in [2.45, 2.75) is 6.42 Å². The van der Waals surface area contributed by atoms with Crippen LogP contribution in [0.5, 0.6) is 5.75 Å². The molecule has 0 radical (unpaired) electrons. The number of nitrogens with two attached hydrogens (primary N) is 1. The van der Waals surface area contributed by atoms with E-state index in [1.807, 2.05) is 0 Å². The van der Waals surface area contributed by atoms with Crippen molar-refractivity contribution in [3.8, 4) is 5.75 Å². The third-order valence-corrected chi connectivity index (χ3v) is 2.01. The van der Waals surface area contributed by atoms with E-state index in [-0.39, 0.29) is 5.75 Å². The average molecular weight is 262 g/mol. The van der Waals surface area contributed by atoms with Gasteiger partial charge < -0.3 is 10.5 Å². The lowest BCUT2D eigenvalue weighted by Gasteiger charge is -2.07. The fourth-order valence-corrected chi connectivity index (χ4v) is 1.49. The van der Waals surface area contributed by atoms with Crippen molar-refractivity contribution in [3.63, 3.8) is 0 Å². The smallest absolute Gasteiger partial charge is 0.407 e. The Labute approximate surface area is 89.2 Å². The molecule has 0 bridgehead atoms. The van der Waals surface area contributed by atoms with E-state index < -0.39 is 11.9 Å². The van der Waals surface area contributed by atoms with E-state index in [2.05, 4.69) is 20.7 Å². The molecular weight excluding hydrogens is 253 g/mol. The first kappa shape index (κ1) is 11.0. The number of para-hydroxylation sites is 1. The predicted molar refractivity (Wildman–Crippen MR) is 54.1 cm³/mol. The molecule has 1 aromatic rings. The number of carbonyl (C=O) groups is 1. The fourth-order valence-electron chi connectivity index (χ4n) is 1.07. The molecule has 14 heavy (non-hydrogen) atoms. The summed E-state index contributed by atoms with van der Waals surface area (Å²) in [6.07, 6.45) is -0.439. The molecule has 0 aliphatic heterocycles. The van der Waals surface area contributed by atoms with Crippen molar-refractivity contribution >= 4 is 22.0 Å². The van der Waals surface area contributed by atoms with Crippen LogP contribution in [-0.4, -0.2) is 11.4 Å². The zero-order valence-corrected chi connectivity index (χ0v) is 8.88. The molecule has 0 aliphatic carbocycles. The van der Waals surface area contributed by atoms with E-state index in [0.717, 1.165) is 0 Å². The molecular formula is C9H9BrFNO2. The number of halogens is 2.